The summed E-state index contributed by atoms with van der Waals surface area (Å²) in [5.74, 6) is 0. The summed E-state index contributed by atoms with van der Waals surface area (Å²) in [5, 5.41) is 0. The molecule has 0 aromatic rings. The molecular formula is C9H18Cl2S. The summed E-state index contributed by atoms with van der Waals surface area (Å²) in [5.41, 5.74) is 0. The largest absolute Gasteiger partial charge is 0.106 e. The lowest BCUT2D eigenvalue weighted by molar-refractivity contribution is 0.579. The first kappa shape index (κ1) is 12.9. The maximum atomic E-state index is 6.31. The van der Waals surface area contributed by atoms with Gasteiger partial charge in [-0.2, -0.15) is 0 Å². The summed E-state index contributed by atoms with van der Waals surface area (Å²) < 4.78 is -0.201. The Kier molecular flexibility index (Phi) is 7.91. The van der Waals surface area contributed by atoms with Crippen molar-refractivity contribution in [2.24, 2.45) is 0 Å². The van der Waals surface area contributed by atoms with Crippen LogP contribution < -0.4 is 0 Å². The first-order valence-electron chi connectivity index (χ1n) is 4.67. The Balaban J connectivity index is 3.70. The summed E-state index contributed by atoms with van der Waals surface area (Å²) in [4.78, 5) is 0. The van der Waals surface area contributed by atoms with E-state index in [0.29, 0.717) is 0 Å². The molecule has 0 saturated carbocycles. The number of hydrogen-bond donors (Lipinski definition) is 0. The van der Waals surface area contributed by atoms with Crippen LogP contribution in [-0.4, -0.2) is 4.21 Å². The molecule has 0 aromatic carbocycles. The van der Waals surface area contributed by atoms with Crippen molar-refractivity contribution in [3.63, 3.8) is 0 Å². The Hall–Kier alpha value is 0.930. The molecule has 0 bridgehead atoms. The van der Waals surface area contributed by atoms with E-state index in [1.165, 1.54) is 36.7 Å². The van der Waals surface area contributed by atoms with Crippen molar-refractivity contribution < 1.29 is 0 Å². The second kappa shape index (κ2) is 7.34. The van der Waals surface area contributed by atoms with E-state index in [4.69, 9.17) is 22.3 Å². The van der Waals surface area contributed by atoms with E-state index in [1.807, 2.05) is 0 Å². The Morgan fingerprint density at radius 1 is 1.08 bits per heavy atom. The zero-order valence-corrected chi connectivity index (χ0v) is 10.2. The van der Waals surface area contributed by atoms with E-state index >= 15 is 0 Å². The molecule has 0 nitrogen and oxygen atoms in total. The van der Waals surface area contributed by atoms with Crippen molar-refractivity contribution >= 4 is 33.3 Å². The maximum Gasteiger partial charge on any atom is 0.105 e. The topological polar surface area (TPSA) is 0 Å². The molecule has 12 heavy (non-hydrogen) atoms. The summed E-state index contributed by atoms with van der Waals surface area (Å²) in [6.45, 7) is 4.35. The van der Waals surface area contributed by atoms with Crippen LogP contribution in [0.4, 0.5) is 0 Å². The molecule has 74 valence electrons. The fourth-order valence-electron chi connectivity index (χ4n) is 1.08. The molecule has 0 N–H and O–H groups in total. The standard InChI is InChI=1S/C9H18Cl2S/c1-3-5-7-9(10,12-11)8-6-4-2/h3-8H2,1-2H3. The summed E-state index contributed by atoms with van der Waals surface area (Å²) in [6.07, 6.45) is 6.79. The Morgan fingerprint density at radius 2 is 1.50 bits per heavy atom. The van der Waals surface area contributed by atoms with E-state index in [-0.39, 0.29) is 4.21 Å². The van der Waals surface area contributed by atoms with Crippen LogP contribution >= 0.6 is 33.3 Å². The van der Waals surface area contributed by atoms with Gasteiger partial charge in [-0.3, -0.25) is 0 Å². The van der Waals surface area contributed by atoms with Crippen molar-refractivity contribution in [2.45, 2.75) is 56.6 Å². The summed E-state index contributed by atoms with van der Waals surface area (Å²) in [6, 6.07) is 0. The van der Waals surface area contributed by atoms with Gasteiger partial charge in [0.25, 0.3) is 0 Å². The van der Waals surface area contributed by atoms with Crippen molar-refractivity contribution in [2.75, 3.05) is 0 Å². The summed E-state index contributed by atoms with van der Waals surface area (Å²) >= 11 is 6.31. The van der Waals surface area contributed by atoms with Gasteiger partial charge in [-0.15, -0.1) is 11.6 Å². The fraction of sp³-hybridized carbons (Fsp3) is 1.00. The van der Waals surface area contributed by atoms with Gasteiger partial charge >= 0.3 is 0 Å². The highest BCUT2D eigenvalue weighted by Gasteiger charge is 2.25. The van der Waals surface area contributed by atoms with Crippen LogP contribution in [-0.2, 0) is 0 Å². The predicted molar refractivity (Wildman–Crippen MR) is 61.1 cm³/mol. The second-order valence-corrected chi connectivity index (χ2v) is 5.51. The molecule has 0 amide bonds. The first-order chi connectivity index (χ1) is 5.68. The third kappa shape index (κ3) is 5.55. The van der Waals surface area contributed by atoms with Gasteiger partial charge in [-0.1, -0.05) is 39.5 Å². The predicted octanol–water partition coefficient (Wildman–Crippen LogP) is 5.19. The van der Waals surface area contributed by atoms with E-state index in [0.717, 1.165) is 12.8 Å². The van der Waals surface area contributed by atoms with Crippen molar-refractivity contribution in [1.29, 1.82) is 0 Å². The van der Waals surface area contributed by atoms with E-state index in [1.54, 1.807) is 0 Å². The Labute approximate surface area is 89.9 Å². The highest BCUT2D eigenvalue weighted by atomic mass is 35.7. The number of unbranched alkanes of at least 4 members (excludes halogenated alkanes) is 2. The average molecular weight is 229 g/mol. The van der Waals surface area contributed by atoms with Crippen LogP contribution in [0.25, 0.3) is 0 Å². The van der Waals surface area contributed by atoms with Crippen LogP contribution in [0.5, 0.6) is 0 Å². The quantitative estimate of drug-likeness (QED) is 0.541. The zero-order valence-electron chi connectivity index (χ0n) is 7.91. The monoisotopic (exact) mass is 228 g/mol. The van der Waals surface area contributed by atoms with Crippen LogP contribution in [0.3, 0.4) is 0 Å². The minimum absolute atomic E-state index is 0.201. The lowest BCUT2D eigenvalue weighted by Crippen LogP contribution is -2.14. The van der Waals surface area contributed by atoms with Crippen LogP contribution in [0.1, 0.15) is 52.4 Å². The fourth-order valence-corrected chi connectivity index (χ4v) is 2.26. The highest BCUT2D eigenvalue weighted by molar-refractivity contribution is 8.23. The number of halogens is 2. The lowest BCUT2D eigenvalue weighted by Gasteiger charge is -2.22. The van der Waals surface area contributed by atoms with Gasteiger partial charge in [-0.05, 0) is 34.5 Å². The molecule has 0 rings (SSSR count). The molecule has 0 saturated heterocycles. The van der Waals surface area contributed by atoms with Gasteiger partial charge in [-0.25, -0.2) is 0 Å². The highest BCUT2D eigenvalue weighted by Crippen LogP contribution is 2.42. The van der Waals surface area contributed by atoms with E-state index in [9.17, 15) is 0 Å². The average Bonchev–Trinajstić information content (AvgIpc) is 2.11. The molecule has 0 spiro atoms. The normalized spacial score (nSPS) is 12.0. The van der Waals surface area contributed by atoms with Crippen molar-refractivity contribution in [3.05, 3.63) is 0 Å². The molecule has 0 aliphatic rings. The summed E-state index contributed by atoms with van der Waals surface area (Å²) in [7, 11) is 7.05. The molecule has 0 unspecified atom stereocenters. The second-order valence-electron chi connectivity index (χ2n) is 3.17. The molecule has 0 aliphatic heterocycles. The zero-order chi connectivity index (χ0) is 9.45. The van der Waals surface area contributed by atoms with E-state index in [2.05, 4.69) is 13.8 Å². The van der Waals surface area contributed by atoms with Crippen molar-refractivity contribution in [1.82, 2.24) is 0 Å². The van der Waals surface area contributed by atoms with Gasteiger partial charge in [0.2, 0.25) is 0 Å². The first-order valence-corrected chi connectivity index (χ1v) is 6.69. The van der Waals surface area contributed by atoms with Gasteiger partial charge in [0.15, 0.2) is 0 Å². The third-order valence-corrected chi connectivity index (χ3v) is 4.36. The number of rotatable bonds is 7. The molecular weight excluding hydrogens is 211 g/mol. The minimum Gasteiger partial charge on any atom is -0.106 e. The maximum absolute atomic E-state index is 6.31. The number of alkyl halides is 1. The van der Waals surface area contributed by atoms with Gasteiger partial charge in [0, 0.05) is 0 Å². The Bertz CT molecular complexity index is 98.7. The molecule has 0 aliphatic carbocycles. The molecule has 3 heteroatoms. The van der Waals surface area contributed by atoms with E-state index < -0.39 is 0 Å². The van der Waals surface area contributed by atoms with Gasteiger partial charge in [0.05, 0.1) is 0 Å². The molecule has 0 radical (unpaired) electrons. The third-order valence-electron chi connectivity index (χ3n) is 1.95. The smallest absolute Gasteiger partial charge is 0.105 e. The molecule has 0 fully saturated rings. The van der Waals surface area contributed by atoms with Crippen LogP contribution in [0.2, 0.25) is 0 Å². The number of hydrogen-bond acceptors (Lipinski definition) is 1. The van der Waals surface area contributed by atoms with Gasteiger partial charge < -0.3 is 0 Å². The minimum atomic E-state index is -0.201. The molecule has 0 atom stereocenters. The molecule has 0 aromatic heterocycles. The van der Waals surface area contributed by atoms with Gasteiger partial charge in [0.1, 0.15) is 4.21 Å². The van der Waals surface area contributed by atoms with Crippen LogP contribution in [0.15, 0.2) is 0 Å². The SMILES string of the molecule is CCCCC(Cl)(CCCC)SCl. The lowest BCUT2D eigenvalue weighted by atomic mass is 10.1. The Morgan fingerprint density at radius 3 is 1.75 bits per heavy atom. The van der Waals surface area contributed by atoms with Crippen LogP contribution in [0, 0.1) is 0 Å². The molecule has 0 heterocycles. The van der Waals surface area contributed by atoms with Crippen molar-refractivity contribution in [3.8, 4) is 0 Å².